The first-order chi connectivity index (χ1) is 11.2. The zero-order chi connectivity index (χ0) is 16.2. The fourth-order valence-electron chi connectivity index (χ4n) is 3.01. The third kappa shape index (κ3) is 3.36. The van der Waals surface area contributed by atoms with E-state index in [1.807, 2.05) is 29.2 Å². The van der Waals surface area contributed by atoms with Gasteiger partial charge in [-0.15, -0.1) is 0 Å². The number of hydrogen-bond donors (Lipinski definition) is 0. The third-order valence-electron chi connectivity index (χ3n) is 4.23. The first kappa shape index (κ1) is 15.5. The number of halogens is 1. The Labute approximate surface area is 135 Å². The van der Waals surface area contributed by atoms with E-state index >= 15 is 0 Å². The van der Waals surface area contributed by atoms with E-state index in [1.54, 1.807) is 13.2 Å². The van der Waals surface area contributed by atoms with Crippen LogP contribution in [0.15, 0.2) is 42.5 Å². The summed E-state index contributed by atoms with van der Waals surface area (Å²) in [6, 6.07) is 11.7. The van der Waals surface area contributed by atoms with Crippen LogP contribution in [0, 0.1) is 5.82 Å². The molecule has 0 bridgehead atoms. The number of benzene rings is 2. The fourth-order valence-corrected chi connectivity index (χ4v) is 3.01. The molecule has 2 aromatic rings. The molecule has 0 aliphatic carbocycles. The quantitative estimate of drug-likeness (QED) is 0.853. The molecule has 0 radical (unpaired) electrons. The molecule has 1 amide bonds. The van der Waals surface area contributed by atoms with Crippen LogP contribution in [0.2, 0.25) is 0 Å². The number of likely N-dealkylation sites (tertiary alicyclic amines) is 1. The van der Waals surface area contributed by atoms with Gasteiger partial charge in [-0.05, 0) is 55.2 Å². The Kier molecular flexibility index (Phi) is 4.60. The van der Waals surface area contributed by atoms with E-state index in [0.717, 1.165) is 31.5 Å². The summed E-state index contributed by atoms with van der Waals surface area (Å²) in [7, 11) is 1.56. The molecule has 0 saturated carbocycles. The number of rotatable bonds is 3. The predicted octanol–water partition coefficient (Wildman–Crippen LogP) is 4.13. The monoisotopic (exact) mass is 313 g/mol. The van der Waals surface area contributed by atoms with Crippen LogP contribution >= 0.6 is 0 Å². The highest BCUT2D eigenvalue weighted by atomic mass is 19.1. The summed E-state index contributed by atoms with van der Waals surface area (Å²) in [4.78, 5) is 14.5. The van der Waals surface area contributed by atoms with Crippen LogP contribution in [0.5, 0.6) is 5.75 Å². The summed E-state index contributed by atoms with van der Waals surface area (Å²) >= 11 is 0. The molecular weight excluding hydrogens is 293 g/mol. The van der Waals surface area contributed by atoms with E-state index in [2.05, 4.69) is 0 Å². The van der Waals surface area contributed by atoms with Gasteiger partial charge in [-0.1, -0.05) is 12.1 Å². The number of amides is 1. The lowest BCUT2D eigenvalue weighted by molar-refractivity contribution is 0.0724. The molecule has 1 aliphatic rings. The molecule has 1 saturated heterocycles. The summed E-state index contributed by atoms with van der Waals surface area (Å²) in [5.41, 5.74) is 2.07. The van der Waals surface area contributed by atoms with Gasteiger partial charge in [0.05, 0.1) is 7.11 Å². The van der Waals surface area contributed by atoms with Crippen molar-refractivity contribution in [3.05, 3.63) is 53.8 Å². The van der Waals surface area contributed by atoms with E-state index in [9.17, 15) is 9.18 Å². The van der Waals surface area contributed by atoms with Gasteiger partial charge in [-0.2, -0.15) is 0 Å². The van der Waals surface area contributed by atoms with E-state index in [1.165, 1.54) is 18.6 Å². The van der Waals surface area contributed by atoms with Crippen molar-refractivity contribution < 1.29 is 13.9 Å². The Bertz CT molecular complexity index is 708. The first-order valence-electron chi connectivity index (χ1n) is 7.92. The standard InChI is InChI=1S/C19H20FNO2/c1-23-18-9-8-16(20)13-17(18)14-6-5-7-15(12-14)19(22)21-10-3-2-4-11-21/h5-9,12-13H,2-4,10-11H2,1H3. The number of methoxy groups -OCH3 is 1. The van der Waals surface area contributed by atoms with Crippen molar-refractivity contribution in [1.29, 1.82) is 0 Å². The number of piperidine rings is 1. The lowest BCUT2D eigenvalue weighted by Gasteiger charge is -2.26. The van der Waals surface area contributed by atoms with Gasteiger partial charge in [0.2, 0.25) is 0 Å². The normalized spacial score (nSPS) is 14.6. The highest BCUT2D eigenvalue weighted by Gasteiger charge is 2.19. The molecule has 120 valence electrons. The van der Waals surface area contributed by atoms with Gasteiger partial charge in [0.1, 0.15) is 11.6 Å². The van der Waals surface area contributed by atoms with Gasteiger partial charge in [-0.25, -0.2) is 4.39 Å². The fraction of sp³-hybridized carbons (Fsp3) is 0.316. The van der Waals surface area contributed by atoms with Gasteiger partial charge >= 0.3 is 0 Å². The second-order valence-corrected chi connectivity index (χ2v) is 5.78. The zero-order valence-electron chi connectivity index (χ0n) is 13.2. The lowest BCUT2D eigenvalue weighted by Crippen LogP contribution is -2.35. The molecule has 1 aliphatic heterocycles. The second-order valence-electron chi connectivity index (χ2n) is 5.78. The Hall–Kier alpha value is -2.36. The molecule has 2 aromatic carbocycles. The number of hydrogen-bond acceptors (Lipinski definition) is 2. The van der Waals surface area contributed by atoms with Crippen LogP contribution in [0.1, 0.15) is 29.6 Å². The second kappa shape index (κ2) is 6.82. The van der Waals surface area contributed by atoms with Crippen LogP contribution in [0.25, 0.3) is 11.1 Å². The SMILES string of the molecule is COc1ccc(F)cc1-c1cccc(C(=O)N2CCCCC2)c1. The van der Waals surface area contributed by atoms with Crippen LogP contribution in [0.4, 0.5) is 4.39 Å². The van der Waals surface area contributed by atoms with Crippen molar-refractivity contribution in [3.8, 4) is 16.9 Å². The molecule has 3 nitrogen and oxygen atoms in total. The topological polar surface area (TPSA) is 29.5 Å². The Morgan fingerprint density at radius 1 is 1.09 bits per heavy atom. The molecule has 3 rings (SSSR count). The van der Waals surface area contributed by atoms with E-state index in [0.29, 0.717) is 16.9 Å². The average molecular weight is 313 g/mol. The smallest absolute Gasteiger partial charge is 0.253 e. The summed E-state index contributed by atoms with van der Waals surface area (Å²) < 4.78 is 18.9. The molecule has 1 heterocycles. The molecule has 23 heavy (non-hydrogen) atoms. The first-order valence-corrected chi connectivity index (χ1v) is 7.92. The van der Waals surface area contributed by atoms with Gasteiger partial charge in [0, 0.05) is 24.2 Å². The maximum atomic E-state index is 13.6. The molecule has 4 heteroatoms. The van der Waals surface area contributed by atoms with Gasteiger partial charge in [0.15, 0.2) is 0 Å². The molecule has 0 aromatic heterocycles. The van der Waals surface area contributed by atoms with Crippen molar-refractivity contribution in [1.82, 2.24) is 4.90 Å². The Balaban J connectivity index is 1.93. The minimum atomic E-state index is -0.325. The molecule has 1 fully saturated rings. The molecule has 0 spiro atoms. The maximum absolute atomic E-state index is 13.6. The van der Waals surface area contributed by atoms with E-state index < -0.39 is 0 Å². The van der Waals surface area contributed by atoms with E-state index in [4.69, 9.17) is 4.74 Å². The van der Waals surface area contributed by atoms with Crippen molar-refractivity contribution in [2.24, 2.45) is 0 Å². The summed E-state index contributed by atoms with van der Waals surface area (Å²) in [5, 5.41) is 0. The highest BCUT2D eigenvalue weighted by Crippen LogP contribution is 2.31. The molecule has 0 N–H and O–H groups in total. The summed E-state index contributed by atoms with van der Waals surface area (Å²) in [5.74, 6) is 0.310. The number of nitrogens with zero attached hydrogens (tertiary/aromatic N) is 1. The summed E-state index contributed by atoms with van der Waals surface area (Å²) in [6.07, 6.45) is 3.30. The number of carbonyl (C=O) groups is 1. The minimum absolute atomic E-state index is 0.0434. The van der Waals surface area contributed by atoms with Gasteiger partial charge in [0.25, 0.3) is 5.91 Å². The zero-order valence-corrected chi connectivity index (χ0v) is 13.2. The maximum Gasteiger partial charge on any atom is 0.253 e. The summed E-state index contributed by atoms with van der Waals surface area (Å²) in [6.45, 7) is 1.62. The van der Waals surface area contributed by atoms with Gasteiger partial charge in [-0.3, -0.25) is 4.79 Å². The number of carbonyl (C=O) groups excluding carboxylic acids is 1. The Morgan fingerprint density at radius 2 is 1.87 bits per heavy atom. The van der Waals surface area contributed by atoms with Crippen LogP contribution in [-0.2, 0) is 0 Å². The predicted molar refractivity (Wildman–Crippen MR) is 88.1 cm³/mol. The van der Waals surface area contributed by atoms with Gasteiger partial charge < -0.3 is 9.64 Å². The van der Waals surface area contributed by atoms with Crippen molar-refractivity contribution >= 4 is 5.91 Å². The van der Waals surface area contributed by atoms with E-state index in [-0.39, 0.29) is 11.7 Å². The van der Waals surface area contributed by atoms with Crippen molar-refractivity contribution in [2.75, 3.05) is 20.2 Å². The van der Waals surface area contributed by atoms with Crippen LogP contribution < -0.4 is 4.74 Å². The average Bonchev–Trinajstić information content (AvgIpc) is 2.62. The largest absolute Gasteiger partial charge is 0.496 e. The lowest BCUT2D eigenvalue weighted by atomic mass is 10.0. The van der Waals surface area contributed by atoms with Crippen molar-refractivity contribution in [2.45, 2.75) is 19.3 Å². The molecule has 0 atom stereocenters. The highest BCUT2D eigenvalue weighted by molar-refractivity contribution is 5.95. The molecule has 0 unspecified atom stereocenters. The minimum Gasteiger partial charge on any atom is -0.496 e. The number of ether oxygens (including phenoxy) is 1. The van der Waals surface area contributed by atoms with Crippen LogP contribution in [-0.4, -0.2) is 31.0 Å². The third-order valence-corrected chi connectivity index (χ3v) is 4.23. The molecular formula is C19H20FNO2. The Morgan fingerprint density at radius 3 is 2.61 bits per heavy atom. The van der Waals surface area contributed by atoms with Crippen LogP contribution in [0.3, 0.4) is 0 Å². The van der Waals surface area contributed by atoms with Crippen molar-refractivity contribution in [3.63, 3.8) is 0 Å².